The summed E-state index contributed by atoms with van der Waals surface area (Å²) >= 11 is 0. The van der Waals surface area contributed by atoms with Crippen LogP contribution < -0.4 is 20.9 Å². The van der Waals surface area contributed by atoms with Crippen molar-refractivity contribution in [3.63, 3.8) is 0 Å². The Morgan fingerprint density at radius 2 is 2.18 bits per heavy atom. The second-order valence-electron chi connectivity index (χ2n) is 4.42. The van der Waals surface area contributed by atoms with Crippen LogP contribution in [-0.2, 0) is 13.7 Å². The molecule has 9 heteroatoms. The Balaban J connectivity index is 2.27. The second-order valence-corrected chi connectivity index (χ2v) is 4.42. The average molecular weight is 306 g/mol. The number of nitrogen functional groups attached to an aromatic ring is 1. The number of hydrogen-bond donors (Lipinski definition) is 1. The van der Waals surface area contributed by atoms with Crippen molar-refractivity contribution in [2.75, 3.05) is 12.8 Å². The molecule has 0 saturated carbocycles. The Bertz CT molecular complexity index is 772. The maximum atomic E-state index is 11.3. The van der Waals surface area contributed by atoms with Crippen LogP contribution in [0, 0.1) is 10.1 Å². The van der Waals surface area contributed by atoms with Crippen molar-refractivity contribution < 1.29 is 14.4 Å². The minimum atomic E-state index is -0.524. The van der Waals surface area contributed by atoms with Crippen molar-refractivity contribution in [2.24, 2.45) is 7.05 Å². The van der Waals surface area contributed by atoms with Gasteiger partial charge in [0.05, 0.1) is 29.9 Å². The first kappa shape index (κ1) is 15.3. The third-order valence-electron chi connectivity index (χ3n) is 2.95. The first-order chi connectivity index (χ1) is 10.4. The number of hydrogen-bond acceptors (Lipinski definition) is 7. The van der Waals surface area contributed by atoms with E-state index in [0.29, 0.717) is 11.3 Å². The Morgan fingerprint density at radius 1 is 1.45 bits per heavy atom. The largest absolute Gasteiger partial charge is 0.497 e. The molecule has 0 aliphatic carbocycles. The molecule has 9 nitrogen and oxygen atoms in total. The minimum Gasteiger partial charge on any atom is -0.497 e. The first-order valence-electron chi connectivity index (χ1n) is 6.19. The normalized spacial score (nSPS) is 10.3. The fourth-order valence-corrected chi connectivity index (χ4v) is 1.76. The van der Waals surface area contributed by atoms with Crippen LogP contribution in [0.3, 0.4) is 0 Å². The van der Waals surface area contributed by atoms with Crippen LogP contribution in [-0.4, -0.2) is 21.6 Å². The molecule has 0 aliphatic rings. The highest BCUT2D eigenvalue weighted by Gasteiger charge is 2.16. The van der Waals surface area contributed by atoms with E-state index in [1.807, 2.05) is 0 Å². The molecule has 1 aromatic carbocycles. The van der Waals surface area contributed by atoms with Crippen LogP contribution >= 0.6 is 0 Å². The zero-order valence-electron chi connectivity index (χ0n) is 12.0. The van der Waals surface area contributed by atoms with Crippen molar-refractivity contribution in [3.05, 3.63) is 50.6 Å². The number of nitrogens with two attached hydrogens (primary N) is 1. The number of benzene rings is 1. The van der Waals surface area contributed by atoms with Gasteiger partial charge in [0, 0.05) is 7.05 Å². The fourth-order valence-electron chi connectivity index (χ4n) is 1.76. The number of rotatable bonds is 5. The Hall–Kier alpha value is -3.10. The van der Waals surface area contributed by atoms with Crippen molar-refractivity contribution in [3.8, 4) is 11.5 Å². The highest BCUT2D eigenvalue weighted by molar-refractivity contribution is 5.47. The number of methoxy groups -OCH3 is 1. The lowest BCUT2D eigenvalue weighted by Gasteiger charge is -2.10. The summed E-state index contributed by atoms with van der Waals surface area (Å²) in [4.78, 5) is 25.4. The van der Waals surface area contributed by atoms with E-state index in [-0.39, 0.29) is 23.9 Å². The number of anilines is 1. The summed E-state index contributed by atoms with van der Waals surface area (Å²) in [7, 11) is 2.92. The molecule has 0 amide bonds. The molecule has 22 heavy (non-hydrogen) atoms. The van der Waals surface area contributed by atoms with Gasteiger partial charge in [0.2, 0.25) is 0 Å². The number of ether oxygens (including phenoxy) is 2. The van der Waals surface area contributed by atoms with Crippen LogP contribution in [0.4, 0.5) is 11.5 Å². The molecule has 0 saturated heterocycles. The molecule has 0 spiro atoms. The van der Waals surface area contributed by atoms with E-state index in [1.165, 1.54) is 37.1 Å². The number of aryl methyl sites for hydroxylation is 1. The molecular formula is C13H14N4O5. The van der Waals surface area contributed by atoms with Crippen LogP contribution in [0.2, 0.25) is 0 Å². The summed E-state index contributed by atoms with van der Waals surface area (Å²) < 4.78 is 11.6. The first-order valence-corrected chi connectivity index (χ1v) is 6.19. The Morgan fingerprint density at radius 3 is 2.82 bits per heavy atom. The Kier molecular flexibility index (Phi) is 4.25. The van der Waals surface area contributed by atoms with Gasteiger partial charge in [-0.2, -0.15) is 4.98 Å². The molecule has 2 aromatic rings. The van der Waals surface area contributed by atoms with Gasteiger partial charge in [-0.15, -0.1) is 0 Å². The van der Waals surface area contributed by atoms with Crippen LogP contribution in [0.5, 0.6) is 11.5 Å². The summed E-state index contributed by atoms with van der Waals surface area (Å²) in [6, 6.07) is 4.43. The smallest absolute Gasteiger partial charge is 0.349 e. The average Bonchev–Trinajstić information content (AvgIpc) is 2.49. The van der Waals surface area contributed by atoms with E-state index in [2.05, 4.69) is 4.98 Å². The summed E-state index contributed by atoms with van der Waals surface area (Å²) in [6.07, 6.45) is 1.38. The zero-order chi connectivity index (χ0) is 16.3. The number of aromatic nitrogens is 2. The lowest BCUT2D eigenvalue weighted by atomic mass is 10.2. The molecule has 0 radical (unpaired) electrons. The third kappa shape index (κ3) is 3.14. The van der Waals surface area contributed by atoms with Crippen LogP contribution in [0.15, 0.2) is 29.2 Å². The highest BCUT2D eigenvalue weighted by Crippen LogP contribution is 2.26. The van der Waals surface area contributed by atoms with E-state index in [9.17, 15) is 14.9 Å². The molecule has 1 heterocycles. The quantitative estimate of drug-likeness (QED) is 0.641. The van der Waals surface area contributed by atoms with Gasteiger partial charge in [-0.05, 0) is 12.1 Å². The molecule has 1 aromatic heterocycles. The zero-order valence-corrected chi connectivity index (χ0v) is 12.0. The van der Waals surface area contributed by atoms with Gasteiger partial charge in [0.25, 0.3) is 5.69 Å². The van der Waals surface area contributed by atoms with Gasteiger partial charge in [0.1, 0.15) is 12.4 Å². The molecule has 0 atom stereocenters. The van der Waals surface area contributed by atoms with Crippen LogP contribution in [0.25, 0.3) is 0 Å². The third-order valence-corrected chi connectivity index (χ3v) is 2.95. The van der Waals surface area contributed by atoms with E-state index < -0.39 is 10.6 Å². The van der Waals surface area contributed by atoms with E-state index in [1.54, 1.807) is 6.07 Å². The SMILES string of the molecule is COc1ccc(COc2cn(C)c(=O)nc2N)c([N+](=O)[O-])c1. The van der Waals surface area contributed by atoms with E-state index >= 15 is 0 Å². The highest BCUT2D eigenvalue weighted by atomic mass is 16.6. The molecule has 0 aliphatic heterocycles. The standard InChI is InChI=1S/C13H14N4O5/c1-16-6-11(12(14)15-13(16)18)22-7-8-3-4-9(21-2)5-10(8)17(19)20/h3-6H,7H2,1-2H3,(H2,14,15,18). The molecule has 0 fully saturated rings. The second kappa shape index (κ2) is 6.12. The monoisotopic (exact) mass is 306 g/mol. The van der Waals surface area contributed by atoms with Gasteiger partial charge in [-0.3, -0.25) is 14.7 Å². The van der Waals surface area contributed by atoms with Crippen LogP contribution in [0.1, 0.15) is 5.56 Å². The molecule has 0 bridgehead atoms. The number of nitro benzene ring substituents is 1. The lowest BCUT2D eigenvalue weighted by Crippen LogP contribution is -2.21. The van der Waals surface area contributed by atoms with Gasteiger partial charge >= 0.3 is 5.69 Å². The lowest BCUT2D eigenvalue weighted by molar-refractivity contribution is -0.385. The minimum absolute atomic E-state index is 0.0701. The summed E-state index contributed by atoms with van der Waals surface area (Å²) in [6.45, 7) is -0.0929. The van der Waals surface area contributed by atoms with E-state index in [4.69, 9.17) is 15.2 Å². The topological polar surface area (TPSA) is 123 Å². The predicted molar refractivity (Wildman–Crippen MR) is 77.9 cm³/mol. The molecule has 2 rings (SSSR count). The van der Waals surface area contributed by atoms with E-state index in [0.717, 1.165) is 0 Å². The predicted octanol–water partition coefficient (Wildman–Crippen LogP) is 0.858. The maximum absolute atomic E-state index is 11.3. The maximum Gasteiger partial charge on any atom is 0.349 e. The van der Waals surface area contributed by atoms with Crippen molar-refractivity contribution in [2.45, 2.75) is 6.61 Å². The van der Waals surface area contributed by atoms with Gasteiger partial charge in [-0.25, -0.2) is 4.79 Å². The summed E-state index contributed by atoms with van der Waals surface area (Å²) in [5.41, 5.74) is 5.30. The molecule has 0 unspecified atom stereocenters. The summed E-state index contributed by atoms with van der Waals surface area (Å²) in [5.74, 6) is 0.477. The van der Waals surface area contributed by atoms with Gasteiger partial charge in [0.15, 0.2) is 11.6 Å². The number of nitro groups is 1. The molecular weight excluding hydrogens is 292 g/mol. The number of nitrogens with zero attached hydrogens (tertiary/aromatic N) is 3. The summed E-state index contributed by atoms with van der Waals surface area (Å²) in [5, 5.41) is 11.1. The molecule has 116 valence electrons. The fraction of sp³-hybridized carbons (Fsp3) is 0.231. The van der Waals surface area contributed by atoms with Gasteiger partial charge < -0.3 is 15.2 Å². The Labute approximate surface area is 125 Å². The molecule has 2 N–H and O–H groups in total. The van der Waals surface area contributed by atoms with Crippen molar-refractivity contribution in [1.82, 2.24) is 9.55 Å². The van der Waals surface area contributed by atoms with Crippen molar-refractivity contribution >= 4 is 11.5 Å². The van der Waals surface area contributed by atoms with Gasteiger partial charge in [-0.1, -0.05) is 0 Å². The van der Waals surface area contributed by atoms with Crippen molar-refractivity contribution in [1.29, 1.82) is 0 Å².